The van der Waals surface area contributed by atoms with Crippen molar-refractivity contribution in [1.29, 1.82) is 0 Å². The largest absolute Gasteiger partial charge is 0.332 e. The topological polar surface area (TPSA) is 66.9 Å². The van der Waals surface area contributed by atoms with Gasteiger partial charge in [-0.15, -0.1) is 0 Å². The molecule has 2 aromatic carbocycles. The van der Waals surface area contributed by atoms with Crippen molar-refractivity contribution in [3.8, 4) is 0 Å². The highest BCUT2D eigenvalue weighted by Gasteiger charge is 2.22. The fourth-order valence-electron chi connectivity index (χ4n) is 2.74. The Kier molecular flexibility index (Phi) is 6.06. The lowest BCUT2D eigenvalue weighted by molar-refractivity contribution is 0.104. The lowest BCUT2D eigenvalue weighted by Gasteiger charge is -2.01. The van der Waals surface area contributed by atoms with Gasteiger partial charge in [-0.05, 0) is 62.4 Å². The summed E-state index contributed by atoms with van der Waals surface area (Å²) >= 11 is 14.5. The second kappa shape index (κ2) is 8.73. The van der Waals surface area contributed by atoms with Crippen LogP contribution in [0.5, 0.6) is 0 Å². The first kappa shape index (κ1) is 20.8. The molecule has 0 aliphatic carbocycles. The molecule has 0 fully saturated rings. The van der Waals surface area contributed by atoms with Crippen LogP contribution in [0.25, 0.3) is 0 Å². The molecule has 0 saturated heterocycles. The van der Waals surface area contributed by atoms with Gasteiger partial charge in [0.05, 0.1) is 11.4 Å². The molecule has 9 heteroatoms. The molecule has 0 amide bonds. The maximum atomic E-state index is 13.2. The Morgan fingerprint density at radius 1 is 0.733 bits per heavy atom. The first-order valence-corrected chi connectivity index (χ1v) is 11.3. The third-order valence-corrected chi connectivity index (χ3v) is 6.84. The van der Waals surface area contributed by atoms with E-state index in [1.807, 2.05) is 38.1 Å². The van der Waals surface area contributed by atoms with Crippen LogP contribution in [0.1, 0.15) is 25.9 Å². The third-order valence-electron chi connectivity index (χ3n) is 4.20. The summed E-state index contributed by atoms with van der Waals surface area (Å²) in [4.78, 5) is 23.3. The van der Waals surface area contributed by atoms with Crippen LogP contribution < -0.4 is 10.6 Å². The summed E-state index contributed by atoms with van der Waals surface area (Å²) in [6.07, 6.45) is 0. The second-order valence-corrected chi connectivity index (χ2v) is 9.33. The van der Waals surface area contributed by atoms with Gasteiger partial charge < -0.3 is 10.6 Å². The Balaban J connectivity index is 1.54. The average molecular weight is 475 g/mol. The molecule has 2 N–H and O–H groups in total. The van der Waals surface area contributed by atoms with E-state index in [1.54, 1.807) is 24.3 Å². The molecule has 5 nitrogen and oxygen atoms in total. The van der Waals surface area contributed by atoms with E-state index in [9.17, 15) is 4.79 Å². The minimum Gasteiger partial charge on any atom is -0.332 e. The van der Waals surface area contributed by atoms with Crippen LogP contribution in [0.4, 0.5) is 21.6 Å². The molecule has 2 aromatic heterocycles. The van der Waals surface area contributed by atoms with Gasteiger partial charge >= 0.3 is 0 Å². The van der Waals surface area contributed by atoms with Crippen molar-refractivity contribution in [1.82, 2.24) is 9.97 Å². The van der Waals surface area contributed by atoms with Gasteiger partial charge in [-0.3, -0.25) is 4.79 Å². The van der Waals surface area contributed by atoms with Crippen molar-refractivity contribution in [3.05, 3.63) is 79.7 Å². The highest BCUT2D eigenvalue weighted by atomic mass is 35.5. The van der Waals surface area contributed by atoms with Crippen molar-refractivity contribution in [2.75, 3.05) is 10.6 Å². The predicted octanol–water partition coefficient (Wildman–Crippen LogP) is 7.24. The Hall–Kier alpha value is -2.45. The van der Waals surface area contributed by atoms with Crippen molar-refractivity contribution in [2.45, 2.75) is 13.8 Å². The van der Waals surface area contributed by atoms with E-state index in [0.29, 0.717) is 41.5 Å². The number of ketones is 1. The number of rotatable bonds is 6. The summed E-state index contributed by atoms with van der Waals surface area (Å²) in [7, 11) is 0. The van der Waals surface area contributed by atoms with Crippen molar-refractivity contribution in [2.24, 2.45) is 0 Å². The molecule has 0 aliphatic rings. The zero-order chi connectivity index (χ0) is 21.3. The van der Waals surface area contributed by atoms with E-state index in [0.717, 1.165) is 11.4 Å². The third kappa shape index (κ3) is 4.65. The molecule has 0 spiro atoms. The van der Waals surface area contributed by atoms with Gasteiger partial charge in [-0.2, -0.15) is 0 Å². The lowest BCUT2D eigenvalue weighted by atomic mass is 10.2. The maximum absolute atomic E-state index is 13.2. The van der Waals surface area contributed by atoms with Crippen LogP contribution in [-0.4, -0.2) is 15.8 Å². The molecule has 0 saturated carbocycles. The number of carbonyl (C=O) groups is 1. The van der Waals surface area contributed by atoms with E-state index in [4.69, 9.17) is 23.2 Å². The van der Waals surface area contributed by atoms with Gasteiger partial charge in [-0.25, -0.2) is 9.97 Å². The highest BCUT2D eigenvalue weighted by molar-refractivity contribution is 7.21. The average Bonchev–Trinajstić information content (AvgIpc) is 3.27. The second-order valence-electron chi connectivity index (χ2n) is 6.46. The van der Waals surface area contributed by atoms with Crippen LogP contribution in [0.2, 0.25) is 10.0 Å². The fourth-order valence-corrected chi connectivity index (χ4v) is 4.92. The Labute approximate surface area is 191 Å². The minimum atomic E-state index is -0.0756. The maximum Gasteiger partial charge on any atom is 0.216 e. The Morgan fingerprint density at radius 3 is 1.47 bits per heavy atom. The number of hydrogen-bond donors (Lipinski definition) is 2. The summed E-state index contributed by atoms with van der Waals surface area (Å²) in [6.45, 7) is 3.67. The molecule has 30 heavy (non-hydrogen) atoms. The highest BCUT2D eigenvalue weighted by Crippen LogP contribution is 2.33. The molecule has 152 valence electrons. The van der Waals surface area contributed by atoms with Crippen molar-refractivity contribution < 1.29 is 4.79 Å². The fraction of sp³-hybridized carbons (Fsp3) is 0.0952. The van der Waals surface area contributed by atoms with Crippen LogP contribution in [0, 0.1) is 13.8 Å². The number of carbonyl (C=O) groups excluding carboxylic acids is 1. The molecular weight excluding hydrogens is 459 g/mol. The van der Waals surface area contributed by atoms with E-state index >= 15 is 0 Å². The number of nitrogens with zero attached hydrogens (tertiary/aromatic N) is 2. The standard InChI is InChI=1S/C21H16Cl2N4OS2/c1-11-18(29-20(24-11)26-15-7-3-13(22)4-8-15)17(28)19-12(2)25-21(30-19)27-16-9-5-14(23)6-10-16/h3-10H,1-2H3,(H,24,26)(H,25,27). The van der Waals surface area contributed by atoms with Crippen molar-refractivity contribution in [3.63, 3.8) is 0 Å². The van der Waals surface area contributed by atoms with E-state index in [2.05, 4.69) is 20.6 Å². The van der Waals surface area contributed by atoms with E-state index < -0.39 is 0 Å². The first-order chi connectivity index (χ1) is 14.4. The van der Waals surface area contributed by atoms with Gasteiger partial charge in [0.15, 0.2) is 10.3 Å². The van der Waals surface area contributed by atoms with Crippen LogP contribution in [0.15, 0.2) is 48.5 Å². The summed E-state index contributed by atoms with van der Waals surface area (Å²) in [5, 5.41) is 9.06. The van der Waals surface area contributed by atoms with Crippen LogP contribution >= 0.6 is 45.9 Å². The zero-order valence-electron chi connectivity index (χ0n) is 16.0. The number of nitrogens with one attached hydrogen (secondary N) is 2. The lowest BCUT2D eigenvalue weighted by Crippen LogP contribution is -2.00. The monoisotopic (exact) mass is 474 g/mol. The number of aryl methyl sites for hydroxylation is 2. The summed E-state index contributed by atoms with van der Waals surface area (Å²) < 4.78 is 0. The number of hydrogen-bond acceptors (Lipinski definition) is 7. The molecule has 0 radical (unpaired) electrons. The summed E-state index contributed by atoms with van der Waals surface area (Å²) in [5.74, 6) is -0.0756. The zero-order valence-corrected chi connectivity index (χ0v) is 19.1. The summed E-state index contributed by atoms with van der Waals surface area (Å²) in [5.41, 5.74) is 3.08. The summed E-state index contributed by atoms with van der Waals surface area (Å²) in [6, 6.07) is 14.6. The van der Waals surface area contributed by atoms with Gasteiger partial charge in [0.1, 0.15) is 9.75 Å². The Morgan fingerprint density at radius 2 is 1.10 bits per heavy atom. The number of benzene rings is 2. The number of aromatic nitrogens is 2. The van der Waals surface area contributed by atoms with Gasteiger partial charge in [0.25, 0.3) is 0 Å². The number of anilines is 4. The smallest absolute Gasteiger partial charge is 0.216 e. The molecule has 2 heterocycles. The normalized spacial score (nSPS) is 10.8. The predicted molar refractivity (Wildman–Crippen MR) is 127 cm³/mol. The molecule has 0 unspecified atom stereocenters. The molecule has 0 bridgehead atoms. The van der Waals surface area contributed by atoms with Gasteiger partial charge in [-0.1, -0.05) is 45.9 Å². The van der Waals surface area contributed by atoms with Crippen LogP contribution in [0.3, 0.4) is 0 Å². The minimum absolute atomic E-state index is 0.0756. The molecule has 4 aromatic rings. The van der Waals surface area contributed by atoms with E-state index in [-0.39, 0.29) is 5.78 Å². The quantitative estimate of drug-likeness (QED) is 0.288. The van der Waals surface area contributed by atoms with Gasteiger partial charge in [0.2, 0.25) is 5.78 Å². The molecular formula is C21H16Cl2N4OS2. The molecule has 0 atom stereocenters. The Bertz CT molecular complexity index is 1110. The SMILES string of the molecule is Cc1nc(Nc2ccc(Cl)cc2)sc1C(=O)c1sc(Nc2ccc(Cl)cc2)nc1C. The molecule has 0 aliphatic heterocycles. The van der Waals surface area contributed by atoms with Crippen molar-refractivity contribution >= 4 is 73.3 Å². The number of thiazole rings is 2. The van der Waals surface area contributed by atoms with Gasteiger partial charge in [0, 0.05) is 21.4 Å². The number of halogens is 2. The van der Waals surface area contributed by atoms with Crippen LogP contribution in [-0.2, 0) is 0 Å². The first-order valence-electron chi connectivity index (χ1n) is 8.94. The molecule has 4 rings (SSSR count). The van der Waals surface area contributed by atoms with E-state index in [1.165, 1.54) is 22.7 Å².